The van der Waals surface area contributed by atoms with Crippen molar-refractivity contribution in [3.05, 3.63) is 11.3 Å². The minimum absolute atomic E-state index is 0.0347. The second-order valence-electron chi connectivity index (χ2n) is 5.77. The molecule has 0 bridgehead atoms. The van der Waals surface area contributed by atoms with Crippen molar-refractivity contribution in [2.75, 3.05) is 12.9 Å². The van der Waals surface area contributed by atoms with Gasteiger partial charge in [0, 0.05) is 18.3 Å². The number of carbonyl (C=O) groups excluding carboxylic acids is 2. The van der Waals surface area contributed by atoms with Crippen molar-refractivity contribution >= 4 is 23.5 Å². The summed E-state index contributed by atoms with van der Waals surface area (Å²) < 4.78 is 5.17. The Labute approximate surface area is 112 Å². The lowest BCUT2D eigenvalue weighted by molar-refractivity contribution is -0.160. The van der Waals surface area contributed by atoms with E-state index in [0.717, 1.165) is 11.3 Å². The van der Waals surface area contributed by atoms with Crippen LogP contribution >= 0.6 is 11.8 Å². The van der Waals surface area contributed by atoms with Crippen LogP contribution in [0.5, 0.6) is 0 Å². The van der Waals surface area contributed by atoms with Crippen LogP contribution in [0.4, 0.5) is 0 Å². The fourth-order valence-electron chi connectivity index (χ4n) is 2.20. The highest BCUT2D eigenvalue weighted by Crippen LogP contribution is 2.43. The number of allylic oxidation sites excluding steroid dienone is 1. The number of Topliss-reactive ketones (excluding diaryl/α,β-unsaturated/α-hetero) is 1. The first-order chi connectivity index (χ1) is 8.29. The lowest BCUT2D eigenvalue weighted by atomic mass is 9.86. The Morgan fingerprint density at radius 2 is 2.06 bits per heavy atom. The predicted octanol–water partition coefficient (Wildman–Crippen LogP) is 1.81. The van der Waals surface area contributed by atoms with Crippen molar-refractivity contribution in [1.82, 2.24) is 4.90 Å². The highest BCUT2D eigenvalue weighted by Gasteiger charge is 2.54. The highest BCUT2D eigenvalue weighted by molar-refractivity contribution is 8.00. The van der Waals surface area contributed by atoms with Crippen LogP contribution in [0.25, 0.3) is 0 Å². The molecule has 1 saturated heterocycles. The molecule has 1 amide bonds. The van der Waals surface area contributed by atoms with Gasteiger partial charge >= 0.3 is 0 Å². The van der Waals surface area contributed by atoms with Gasteiger partial charge in [-0.3, -0.25) is 14.5 Å². The van der Waals surface area contributed by atoms with Gasteiger partial charge in [-0.1, -0.05) is 20.8 Å². The number of fused-ring (bicyclic) bond motifs is 1. The maximum Gasteiger partial charge on any atom is 0.260 e. The van der Waals surface area contributed by atoms with E-state index in [9.17, 15) is 9.59 Å². The van der Waals surface area contributed by atoms with E-state index in [0.29, 0.717) is 5.70 Å². The van der Waals surface area contributed by atoms with Crippen molar-refractivity contribution < 1.29 is 14.3 Å². The lowest BCUT2D eigenvalue weighted by Gasteiger charge is -2.49. The van der Waals surface area contributed by atoms with Crippen LogP contribution in [0, 0.1) is 5.41 Å². The molecule has 0 unspecified atom stereocenters. The SMILES string of the molecule is CO[C@H]1C(=O)N2C(C(=O)C(C)(C)C)=C(C)CS[C@H]12. The van der Waals surface area contributed by atoms with Gasteiger partial charge in [-0.2, -0.15) is 0 Å². The molecule has 0 aromatic carbocycles. The highest BCUT2D eigenvalue weighted by atomic mass is 32.2. The molecule has 2 aliphatic heterocycles. The molecule has 1 fully saturated rings. The summed E-state index contributed by atoms with van der Waals surface area (Å²) in [5, 5.41) is -0.0347. The molecule has 0 N–H and O–H groups in total. The van der Waals surface area contributed by atoms with Gasteiger partial charge in [-0.25, -0.2) is 0 Å². The molecule has 0 saturated carbocycles. The molecular formula is C13H19NO3S. The molecule has 2 rings (SSSR count). The molecule has 0 radical (unpaired) electrons. The van der Waals surface area contributed by atoms with E-state index in [2.05, 4.69) is 0 Å². The van der Waals surface area contributed by atoms with Crippen LogP contribution < -0.4 is 0 Å². The van der Waals surface area contributed by atoms with E-state index in [4.69, 9.17) is 4.74 Å². The molecule has 0 spiro atoms. The molecule has 5 heteroatoms. The number of rotatable bonds is 2. The maximum atomic E-state index is 12.5. The molecule has 2 atom stereocenters. The summed E-state index contributed by atoms with van der Waals surface area (Å²) >= 11 is 1.66. The monoisotopic (exact) mass is 269 g/mol. The van der Waals surface area contributed by atoms with Gasteiger partial charge in [0.05, 0.1) is 5.70 Å². The summed E-state index contributed by atoms with van der Waals surface area (Å²) in [6.45, 7) is 7.56. The molecule has 0 aromatic heterocycles. The zero-order chi connectivity index (χ0) is 13.7. The molecule has 2 aliphatic rings. The van der Waals surface area contributed by atoms with Crippen LogP contribution in [0.3, 0.4) is 0 Å². The average Bonchev–Trinajstić information content (AvgIpc) is 2.28. The number of ether oxygens (including phenoxy) is 1. The molecule has 0 aromatic rings. The average molecular weight is 269 g/mol. The van der Waals surface area contributed by atoms with Crippen LogP contribution in [0.1, 0.15) is 27.7 Å². The number of ketones is 1. The molecule has 18 heavy (non-hydrogen) atoms. The van der Waals surface area contributed by atoms with Crippen LogP contribution in [0.15, 0.2) is 11.3 Å². The van der Waals surface area contributed by atoms with E-state index in [-0.39, 0.29) is 17.1 Å². The summed E-state index contributed by atoms with van der Waals surface area (Å²) in [6, 6.07) is 0. The van der Waals surface area contributed by atoms with Crippen LogP contribution in [0.2, 0.25) is 0 Å². The lowest BCUT2D eigenvalue weighted by Crippen LogP contribution is -2.65. The normalized spacial score (nSPS) is 28.1. The van der Waals surface area contributed by atoms with E-state index >= 15 is 0 Å². The quantitative estimate of drug-likeness (QED) is 0.717. The Bertz CT molecular complexity index is 436. The summed E-state index contributed by atoms with van der Waals surface area (Å²) in [5.74, 6) is 0.723. The smallest absolute Gasteiger partial charge is 0.260 e. The zero-order valence-electron chi connectivity index (χ0n) is 11.4. The van der Waals surface area contributed by atoms with E-state index in [1.807, 2.05) is 27.7 Å². The first kappa shape index (κ1) is 13.6. The first-order valence-electron chi connectivity index (χ1n) is 6.01. The number of carbonyl (C=O) groups is 2. The Morgan fingerprint density at radius 1 is 1.44 bits per heavy atom. The Balaban J connectivity index is 2.34. The van der Waals surface area contributed by atoms with Gasteiger partial charge in [0.15, 0.2) is 11.9 Å². The number of nitrogens with zero attached hydrogens (tertiary/aromatic N) is 1. The largest absolute Gasteiger partial charge is 0.368 e. The summed E-state index contributed by atoms with van der Waals surface area (Å²) in [6.07, 6.45) is -0.397. The number of methoxy groups -OCH3 is 1. The molecule has 0 aliphatic carbocycles. The van der Waals surface area contributed by atoms with Gasteiger partial charge < -0.3 is 4.74 Å². The third-order valence-corrected chi connectivity index (χ3v) is 4.66. The third-order valence-electron chi connectivity index (χ3n) is 3.26. The second kappa shape index (κ2) is 4.38. The van der Waals surface area contributed by atoms with Crippen LogP contribution in [-0.4, -0.2) is 40.9 Å². The van der Waals surface area contributed by atoms with Crippen molar-refractivity contribution in [1.29, 1.82) is 0 Å². The first-order valence-corrected chi connectivity index (χ1v) is 7.06. The van der Waals surface area contributed by atoms with Crippen molar-refractivity contribution in [3.63, 3.8) is 0 Å². The topological polar surface area (TPSA) is 46.6 Å². The second-order valence-corrected chi connectivity index (χ2v) is 6.88. The van der Waals surface area contributed by atoms with Crippen LogP contribution in [-0.2, 0) is 14.3 Å². The predicted molar refractivity (Wildman–Crippen MR) is 71.1 cm³/mol. The minimum Gasteiger partial charge on any atom is -0.368 e. The van der Waals surface area contributed by atoms with Gasteiger partial charge in [0.1, 0.15) is 5.37 Å². The Morgan fingerprint density at radius 3 is 2.56 bits per heavy atom. The number of thioether (sulfide) groups is 1. The summed E-state index contributed by atoms with van der Waals surface area (Å²) in [7, 11) is 1.54. The van der Waals surface area contributed by atoms with Crippen molar-refractivity contribution in [2.45, 2.75) is 39.2 Å². The van der Waals surface area contributed by atoms with Gasteiger partial charge in [-0.05, 0) is 12.5 Å². The fraction of sp³-hybridized carbons (Fsp3) is 0.692. The standard InChI is InChI=1S/C13H19NO3S/c1-7-6-18-12-9(17-5)11(16)14(12)8(7)10(15)13(2,3)4/h9,12H,6H2,1-5H3/t9-,12+/m0/s1. The molecular weight excluding hydrogens is 250 g/mol. The van der Waals surface area contributed by atoms with Crippen molar-refractivity contribution in [3.8, 4) is 0 Å². The number of hydrogen-bond donors (Lipinski definition) is 0. The zero-order valence-corrected chi connectivity index (χ0v) is 12.3. The molecule has 4 nitrogen and oxygen atoms in total. The molecule has 100 valence electrons. The number of β-lactam (4-membered cyclic amide) rings is 1. The maximum absolute atomic E-state index is 12.5. The number of amides is 1. The number of hydrogen-bond acceptors (Lipinski definition) is 4. The Hall–Kier alpha value is -0.810. The van der Waals surface area contributed by atoms with E-state index in [1.54, 1.807) is 16.7 Å². The third kappa shape index (κ3) is 1.89. The van der Waals surface area contributed by atoms with E-state index in [1.165, 1.54) is 7.11 Å². The molecule has 2 heterocycles. The Kier molecular flexibility index (Phi) is 3.32. The fourth-order valence-corrected chi connectivity index (χ4v) is 3.52. The summed E-state index contributed by atoms with van der Waals surface area (Å²) in [4.78, 5) is 26.1. The van der Waals surface area contributed by atoms with Gasteiger partial charge in [0.25, 0.3) is 5.91 Å². The summed E-state index contributed by atoms with van der Waals surface area (Å²) in [5.41, 5.74) is 1.10. The van der Waals surface area contributed by atoms with Crippen molar-refractivity contribution in [2.24, 2.45) is 5.41 Å². The van der Waals surface area contributed by atoms with E-state index < -0.39 is 11.5 Å². The minimum atomic E-state index is -0.471. The van der Waals surface area contributed by atoms with Gasteiger partial charge in [-0.15, -0.1) is 11.8 Å². The van der Waals surface area contributed by atoms with Gasteiger partial charge in [0.2, 0.25) is 0 Å².